The first-order valence-electron chi connectivity index (χ1n) is 22.8. The first kappa shape index (κ1) is 39.5. The molecule has 1 fully saturated rings. The summed E-state index contributed by atoms with van der Waals surface area (Å²) in [6, 6.07) is 69.0. The maximum Gasteiger partial charge on any atom is 0.0979 e. The van der Waals surface area contributed by atoms with E-state index in [2.05, 4.69) is 202 Å². The summed E-state index contributed by atoms with van der Waals surface area (Å²) < 4.78 is 0. The first-order chi connectivity index (χ1) is 30.6. The lowest BCUT2D eigenvalue weighted by atomic mass is 9.78. The minimum atomic E-state index is -0.0650. The zero-order valence-corrected chi connectivity index (χ0v) is 36.0. The quantitative estimate of drug-likeness (QED) is 0.130. The Bertz CT molecular complexity index is 2700. The highest BCUT2D eigenvalue weighted by Gasteiger charge is 2.32. The lowest BCUT2D eigenvalue weighted by molar-refractivity contribution is 0.456. The van der Waals surface area contributed by atoms with Crippen molar-refractivity contribution in [3.8, 4) is 0 Å². The third kappa shape index (κ3) is 7.75. The zero-order chi connectivity index (χ0) is 41.8. The standard InChI is InChI=1S/C60H54N2/c1-41-39-52(54(44-26-12-6-13-27-44)45-28-14-7-15-29-45)58(53(40-41)55(46-30-16-8-17-31-46)47-32-18-9-19-33-47)62-60-51-38-22-35-48-34-21-37-50(56(48)51)59(60)61-57-42(2)23-20-36-49(57)43-24-10-4-3-5-11-25-43/h6-9,12-23,26-40,43,54-55H,3-5,10-11,24-25H2,1-2H3. The van der Waals surface area contributed by atoms with Crippen LogP contribution >= 0.6 is 0 Å². The number of hydrogen-bond donors (Lipinski definition) is 0. The van der Waals surface area contributed by atoms with Crippen molar-refractivity contribution in [2.24, 2.45) is 9.98 Å². The minimum absolute atomic E-state index is 0.0650. The molecule has 2 heteroatoms. The molecule has 0 bridgehead atoms. The summed E-state index contributed by atoms with van der Waals surface area (Å²) in [6.07, 6.45) is 8.98. The molecule has 0 aromatic heterocycles. The van der Waals surface area contributed by atoms with E-state index in [9.17, 15) is 0 Å². The van der Waals surface area contributed by atoms with E-state index in [-0.39, 0.29) is 11.8 Å². The molecule has 10 rings (SSSR count). The number of nitrogens with zero attached hydrogens (tertiary/aromatic N) is 2. The molecule has 0 heterocycles. The van der Waals surface area contributed by atoms with Gasteiger partial charge in [-0.05, 0) is 82.5 Å². The summed E-state index contributed by atoms with van der Waals surface area (Å²) in [5.41, 5.74) is 17.5. The van der Waals surface area contributed by atoms with Gasteiger partial charge in [0.1, 0.15) is 0 Å². The Morgan fingerprint density at radius 1 is 0.419 bits per heavy atom. The fourth-order valence-electron chi connectivity index (χ4n) is 10.5. The van der Waals surface area contributed by atoms with E-state index >= 15 is 0 Å². The third-order valence-electron chi connectivity index (χ3n) is 13.4. The van der Waals surface area contributed by atoms with Crippen molar-refractivity contribution in [3.05, 3.63) is 249 Å². The highest BCUT2D eigenvalue weighted by atomic mass is 14.9. The van der Waals surface area contributed by atoms with Gasteiger partial charge in [-0.25, -0.2) is 9.98 Å². The van der Waals surface area contributed by atoms with Crippen molar-refractivity contribution in [1.29, 1.82) is 0 Å². The first-order valence-corrected chi connectivity index (χ1v) is 22.8. The van der Waals surface area contributed by atoms with Gasteiger partial charge in [0.15, 0.2) is 0 Å². The van der Waals surface area contributed by atoms with Crippen molar-refractivity contribution in [2.45, 2.75) is 76.5 Å². The second-order valence-corrected chi connectivity index (χ2v) is 17.5. The molecule has 8 aromatic rings. The fourth-order valence-corrected chi connectivity index (χ4v) is 10.5. The van der Waals surface area contributed by atoms with Crippen LogP contribution in [0.4, 0.5) is 11.4 Å². The van der Waals surface area contributed by atoms with Gasteiger partial charge in [0.2, 0.25) is 0 Å². The van der Waals surface area contributed by atoms with E-state index in [4.69, 9.17) is 9.98 Å². The monoisotopic (exact) mass is 802 g/mol. The molecule has 8 aromatic carbocycles. The highest BCUT2D eigenvalue weighted by molar-refractivity contribution is 6.61. The Balaban J connectivity index is 1.29. The molecule has 2 aliphatic carbocycles. The van der Waals surface area contributed by atoms with E-state index in [1.54, 1.807) is 0 Å². The number of rotatable bonds is 9. The number of benzene rings is 8. The molecule has 0 aliphatic heterocycles. The predicted molar refractivity (Wildman–Crippen MR) is 261 cm³/mol. The molecule has 62 heavy (non-hydrogen) atoms. The van der Waals surface area contributed by atoms with Crippen LogP contribution in [0.15, 0.2) is 198 Å². The normalized spacial score (nSPS) is 15.7. The van der Waals surface area contributed by atoms with Crippen LogP contribution in [0.2, 0.25) is 0 Å². The number of para-hydroxylation sites is 1. The van der Waals surface area contributed by atoms with Gasteiger partial charge >= 0.3 is 0 Å². The Hall–Kier alpha value is -6.64. The van der Waals surface area contributed by atoms with Crippen LogP contribution in [-0.4, -0.2) is 11.4 Å². The van der Waals surface area contributed by atoms with Gasteiger partial charge in [-0.2, -0.15) is 0 Å². The molecule has 0 saturated heterocycles. The van der Waals surface area contributed by atoms with Crippen LogP contribution in [0, 0.1) is 13.8 Å². The second-order valence-electron chi connectivity index (χ2n) is 17.5. The lowest BCUT2D eigenvalue weighted by Gasteiger charge is -2.27. The predicted octanol–water partition coefficient (Wildman–Crippen LogP) is 15.9. The van der Waals surface area contributed by atoms with Crippen LogP contribution in [-0.2, 0) is 0 Å². The van der Waals surface area contributed by atoms with Crippen LogP contribution < -0.4 is 0 Å². The summed E-state index contributed by atoms with van der Waals surface area (Å²) in [5, 5.41) is 2.44. The van der Waals surface area contributed by atoms with Crippen LogP contribution in [0.1, 0.15) is 124 Å². The molecular weight excluding hydrogens is 749 g/mol. The smallest absolute Gasteiger partial charge is 0.0979 e. The SMILES string of the molecule is Cc1cc(C(c2ccccc2)c2ccccc2)c(N=C2C(=Nc3c(C)cccc3C3CCCCCCC3)c3cccc4cccc2c34)c(C(c2ccccc2)c2ccccc2)c1. The van der Waals surface area contributed by atoms with Gasteiger partial charge in [0.25, 0.3) is 0 Å². The summed E-state index contributed by atoms with van der Waals surface area (Å²) >= 11 is 0. The van der Waals surface area contributed by atoms with E-state index in [1.807, 2.05) is 0 Å². The summed E-state index contributed by atoms with van der Waals surface area (Å²) in [6.45, 7) is 4.49. The molecule has 0 N–H and O–H groups in total. The topological polar surface area (TPSA) is 24.7 Å². The van der Waals surface area contributed by atoms with Gasteiger partial charge in [0.05, 0.1) is 22.8 Å². The molecule has 2 nitrogen and oxygen atoms in total. The molecule has 0 atom stereocenters. The average molecular weight is 803 g/mol. The van der Waals surface area contributed by atoms with Gasteiger partial charge in [-0.15, -0.1) is 0 Å². The van der Waals surface area contributed by atoms with Gasteiger partial charge < -0.3 is 0 Å². The summed E-state index contributed by atoms with van der Waals surface area (Å²) in [7, 11) is 0. The second kappa shape index (κ2) is 17.8. The molecule has 304 valence electrons. The van der Waals surface area contributed by atoms with E-state index in [0.29, 0.717) is 5.92 Å². The van der Waals surface area contributed by atoms with Crippen molar-refractivity contribution in [2.75, 3.05) is 0 Å². The largest absolute Gasteiger partial charge is 0.246 e. The van der Waals surface area contributed by atoms with Crippen molar-refractivity contribution in [1.82, 2.24) is 0 Å². The van der Waals surface area contributed by atoms with Crippen LogP contribution in [0.25, 0.3) is 10.8 Å². The number of hydrogen-bond acceptors (Lipinski definition) is 2. The molecular formula is C60H54N2. The van der Waals surface area contributed by atoms with Gasteiger partial charge in [0, 0.05) is 28.3 Å². The molecule has 0 amide bonds. The number of aliphatic imine (C=N–C) groups is 2. The highest BCUT2D eigenvalue weighted by Crippen LogP contribution is 2.47. The van der Waals surface area contributed by atoms with E-state index in [0.717, 1.165) is 33.9 Å². The van der Waals surface area contributed by atoms with Gasteiger partial charge in [-0.1, -0.05) is 226 Å². The summed E-state index contributed by atoms with van der Waals surface area (Å²) in [4.78, 5) is 12.0. The Labute approximate surface area is 367 Å². The molecule has 0 spiro atoms. The third-order valence-corrected chi connectivity index (χ3v) is 13.4. The molecule has 1 saturated carbocycles. The Morgan fingerprint density at radius 3 is 1.31 bits per heavy atom. The Kier molecular flexibility index (Phi) is 11.3. The maximum atomic E-state index is 6.15. The zero-order valence-electron chi connectivity index (χ0n) is 36.0. The van der Waals surface area contributed by atoms with Crippen molar-refractivity contribution in [3.63, 3.8) is 0 Å². The maximum absolute atomic E-state index is 6.15. The molecule has 0 radical (unpaired) electrons. The fraction of sp³-hybridized carbons (Fsp3) is 0.200. The molecule has 0 unspecified atom stereocenters. The van der Waals surface area contributed by atoms with E-state index in [1.165, 1.54) is 106 Å². The Morgan fingerprint density at radius 2 is 0.839 bits per heavy atom. The van der Waals surface area contributed by atoms with Crippen LogP contribution in [0.5, 0.6) is 0 Å². The van der Waals surface area contributed by atoms with Crippen molar-refractivity contribution >= 4 is 33.6 Å². The van der Waals surface area contributed by atoms with Crippen molar-refractivity contribution < 1.29 is 0 Å². The average Bonchev–Trinajstić information content (AvgIpc) is 3.59. The lowest BCUT2D eigenvalue weighted by Crippen LogP contribution is -2.14. The molecule has 2 aliphatic rings. The van der Waals surface area contributed by atoms with Crippen LogP contribution in [0.3, 0.4) is 0 Å². The van der Waals surface area contributed by atoms with E-state index < -0.39 is 0 Å². The summed E-state index contributed by atoms with van der Waals surface area (Å²) in [5.74, 6) is 0.370. The number of aryl methyl sites for hydroxylation is 2. The minimum Gasteiger partial charge on any atom is -0.246 e. The van der Waals surface area contributed by atoms with Gasteiger partial charge in [-0.3, -0.25) is 0 Å².